The summed E-state index contributed by atoms with van der Waals surface area (Å²) in [5.41, 5.74) is 2.81. The predicted molar refractivity (Wildman–Crippen MR) is 78.4 cm³/mol. The number of hydrogen-bond acceptors (Lipinski definition) is 3. The molecule has 5 heteroatoms. The van der Waals surface area contributed by atoms with Crippen molar-refractivity contribution in [1.29, 1.82) is 5.26 Å². The van der Waals surface area contributed by atoms with Crippen LogP contribution in [-0.2, 0) is 0 Å². The van der Waals surface area contributed by atoms with Gasteiger partial charge in [0.1, 0.15) is 11.6 Å². The van der Waals surface area contributed by atoms with E-state index in [1.807, 2.05) is 13.0 Å². The SMILES string of the molecule is Cc1cc(-c2cc(C(=O)O)c(C)cc2C)c(C#N)c(=O)[nH]1. The highest BCUT2D eigenvalue weighted by atomic mass is 16.4. The minimum atomic E-state index is -1.03. The van der Waals surface area contributed by atoms with Crippen molar-refractivity contribution in [3.05, 3.63) is 56.5 Å². The van der Waals surface area contributed by atoms with Crippen molar-refractivity contribution in [2.75, 3.05) is 0 Å². The van der Waals surface area contributed by atoms with Gasteiger partial charge in [0.2, 0.25) is 0 Å². The monoisotopic (exact) mass is 282 g/mol. The molecule has 0 saturated heterocycles. The lowest BCUT2D eigenvalue weighted by Gasteiger charge is -2.12. The van der Waals surface area contributed by atoms with Gasteiger partial charge in [-0.2, -0.15) is 5.26 Å². The molecule has 1 aromatic heterocycles. The summed E-state index contributed by atoms with van der Waals surface area (Å²) < 4.78 is 0. The van der Waals surface area contributed by atoms with Crippen LogP contribution >= 0.6 is 0 Å². The lowest BCUT2D eigenvalue weighted by Crippen LogP contribution is -2.13. The van der Waals surface area contributed by atoms with Crippen molar-refractivity contribution in [3.8, 4) is 17.2 Å². The number of aryl methyl sites for hydroxylation is 3. The second-order valence-electron chi connectivity index (χ2n) is 4.97. The van der Waals surface area contributed by atoms with E-state index < -0.39 is 11.5 Å². The Morgan fingerprint density at radius 3 is 2.38 bits per heavy atom. The molecule has 0 aliphatic carbocycles. The van der Waals surface area contributed by atoms with Gasteiger partial charge in [-0.1, -0.05) is 6.07 Å². The number of carboxylic acids is 1. The van der Waals surface area contributed by atoms with Crippen molar-refractivity contribution >= 4 is 5.97 Å². The fraction of sp³-hybridized carbons (Fsp3) is 0.188. The van der Waals surface area contributed by atoms with Gasteiger partial charge in [-0.25, -0.2) is 4.79 Å². The zero-order chi connectivity index (χ0) is 15.7. The number of aromatic amines is 1. The minimum absolute atomic E-state index is 0.0103. The molecule has 1 aromatic carbocycles. The lowest BCUT2D eigenvalue weighted by atomic mass is 9.93. The lowest BCUT2D eigenvalue weighted by molar-refractivity contribution is 0.0696. The Balaban J connectivity index is 2.85. The third-order valence-corrected chi connectivity index (χ3v) is 3.37. The van der Waals surface area contributed by atoms with Gasteiger partial charge in [-0.05, 0) is 49.6 Å². The molecule has 0 fully saturated rings. The summed E-state index contributed by atoms with van der Waals surface area (Å²) in [6.45, 7) is 5.26. The third-order valence-electron chi connectivity index (χ3n) is 3.37. The third kappa shape index (κ3) is 2.56. The first-order chi connectivity index (χ1) is 9.85. The van der Waals surface area contributed by atoms with Crippen molar-refractivity contribution in [2.24, 2.45) is 0 Å². The number of aromatic nitrogens is 1. The van der Waals surface area contributed by atoms with Crippen LogP contribution in [0.2, 0.25) is 0 Å². The van der Waals surface area contributed by atoms with Crippen LogP contribution in [0.1, 0.15) is 32.7 Å². The van der Waals surface area contributed by atoms with Gasteiger partial charge >= 0.3 is 5.97 Å². The molecule has 2 N–H and O–H groups in total. The Hall–Kier alpha value is -2.87. The standard InChI is InChI=1S/C16H14N2O3/c1-8-4-9(2)12(16(20)21)6-11(8)13-5-10(3)18-15(19)14(13)7-17/h4-6H,1-3H3,(H,18,19)(H,20,21). The van der Waals surface area contributed by atoms with Crippen LogP contribution < -0.4 is 5.56 Å². The van der Waals surface area contributed by atoms with Crippen molar-refractivity contribution in [1.82, 2.24) is 4.98 Å². The molecule has 2 aromatic rings. The normalized spacial score (nSPS) is 10.2. The number of nitrogens with zero attached hydrogens (tertiary/aromatic N) is 1. The highest BCUT2D eigenvalue weighted by Crippen LogP contribution is 2.28. The molecule has 5 nitrogen and oxygen atoms in total. The largest absolute Gasteiger partial charge is 0.478 e. The number of pyridine rings is 1. The molecule has 0 radical (unpaired) electrons. The second-order valence-corrected chi connectivity index (χ2v) is 4.97. The number of carbonyl (C=O) groups is 1. The number of H-pyrrole nitrogens is 1. The minimum Gasteiger partial charge on any atom is -0.478 e. The van der Waals surface area contributed by atoms with Crippen LogP contribution in [0.25, 0.3) is 11.1 Å². The first-order valence-electron chi connectivity index (χ1n) is 6.34. The molecule has 0 saturated carbocycles. The molecule has 21 heavy (non-hydrogen) atoms. The van der Waals surface area contributed by atoms with Gasteiger partial charge in [0, 0.05) is 11.3 Å². The van der Waals surface area contributed by atoms with Crippen LogP contribution in [0.3, 0.4) is 0 Å². The Morgan fingerprint density at radius 1 is 1.14 bits per heavy atom. The molecule has 2 rings (SSSR count). The summed E-state index contributed by atoms with van der Waals surface area (Å²) in [6, 6.07) is 6.84. The summed E-state index contributed by atoms with van der Waals surface area (Å²) in [4.78, 5) is 25.7. The number of aromatic carboxylic acids is 1. The highest BCUT2D eigenvalue weighted by molar-refractivity contribution is 5.92. The van der Waals surface area contributed by atoms with E-state index in [0.29, 0.717) is 22.4 Å². The molecule has 0 unspecified atom stereocenters. The van der Waals surface area contributed by atoms with Crippen molar-refractivity contribution < 1.29 is 9.90 Å². The van der Waals surface area contributed by atoms with Crippen LogP contribution in [0, 0.1) is 32.1 Å². The van der Waals surface area contributed by atoms with Gasteiger partial charge < -0.3 is 10.1 Å². The fourth-order valence-electron chi connectivity index (χ4n) is 2.38. The van der Waals surface area contributed by atoms with Crippen LogP contribution in [-0.4, -0.2) is 16.1 Å². The molecule has 0 aliphatic rings. The van der Waals surface area contributed by atoms with Crippen LogP contribution in [0.5, 0.6) is 0 Å². The van der Waals surface area contributed by atoms with E-state index in [0.717, 1.165) is 5.56 Å². The highest BCUT2D eigenvalue weighted by Gasteiger charge is 2.16. The zero-order valence-corrected chi connectivity index (χ0v) is 11.9. The van der Waals surface area contributed by atoms with E-state index in [4.69, 9.17) is 0 Å². The molecule has 106 valence electrons. The zero-order valence-electron chi connectivity index (χ0n) is 11.9. The number of nitrogens with one attached hydrogen (secondary N) is 1. The van der Waals surface area contributed by atoms with Gasteiger partial charge in [0.25, 0.3) is 5.56 Å². The summed E-state index contributed by atoms with van der Waals surface area (Å²) in [6.07, 6.45) is 0. The number of rotatable bonds is 2. The molecule has 0 aliphatic heterocycles. The molecule has 0 bridgehead atoms. The predicted octanol–water partition coefficient (Wildman–Crippen LogP) is 2.54. The first kappa shape index (κ1) is 14.5. The molecule has 0 amide bonds. The maximum absolute atomic E-state index is 11.9. The number of carboxylic acid groups (broad SMARTS) is 1. The molecule has 0 spiro atoms. The Morgan fingerprint density at radius 2 is 1.81 bits per heavy atom. The smallest absolute Gasteiger partial charge is 0.335 e. The summed E-state index contributed by atoms with van der Waals surface area (Å²) in [7, 11) is 0. The fourth-order valence-corrected chi connectivity index (χ4v) is 2.38. The van der Waals surface area contributed by atoms with E-state index in [9.17, 15) is 20.0 Å². The quantitative estimate of drug-likeness (QED) is 0.885. The average Bonchev–Trinajstić information content (AvgIpc) is 2.37. The Kier molecular flexibility index (Phi) is 3.64. The van der Waals surface area contributed by atoms with Gasteiger partial charge in [0.05, 0.1) is 5.56 Å². The van der Waals surface area contributed by atoms with E-state index in [2.05, 4.69) is 4.98 Å². The van der Waals surface area contributed by atoms with Gasteiger partial charge in [0.15, 0.2) is 0 Å². The van der Waals surface area contributed by atoms with Crippen molar-refractivity contribution in [3.63, 3.8) is 0 Å². The second kappa shape index (κ2) is 5.25. The summed E-state index contributed by atoms with van der Waals surface area (Å²) >= 11 is 0. The summed E-state index contributed by atoms with van der Waals surface area (Å²) in [5, 5.41) is 18.4. The molecule has 1 heterocycles. The van der Waals surface area contributed by atoms with E-state index in [1.165, 1.54) is 6.07 Å². The maximum Gasteiger partial charge on any atom is 0.335 e. The Labute approximate surface area is 121 Å². The van der Waals surface area contributed by atoms with Gasteiger partial charge in [-0.3, -0.25) is 4.79 Å². The maximum atomic E-state index is 11.9. The first-order valence-corrected chi connectivity index (χ1v) is 6.34. The van der Waals surface area contributed by atoms with Crippen LogP contribution in [0.15, 0.2) is 23.0 Å². The summed E-state index contributed by atoms with van der Waals surface area (Å²) in [5.74, 6) is -1.03. The molecule has 0 atom stereocenters. The van der Waals surface area contributed by atoms with E-state index in [-0.39, 0.29) is 11.1 Å². The van der Waals surface area contributed by atoms with Gasteiger partial charge in [-0.15, -0.1) is 0 Å². The Bertz CT molecular complexity index is 842. The number of benzene rings is 1. The van der Waals surface area contributed by atoms with E-state index >= 15 is 0 Å². The number of hydrogen-bond donors (Lipinski definition) is 2. The number of nitriles is 1. The molecular formula is C16H14N2O3. The van der Waals surface area contributed by atoms with E-state index in [1.54, 1.807) is 26.0 Å². The molecular weight excluding hydrogens is 268 g/mol. The average molecular weight is 282 g/mol. The topological polar surface area (TPSA) is 93.9 Å². The van der Waals surface area contributed by atoms with Crippen molar-refractivity contribution in [2.45, 2.75) is 20.8 Å². The van der Waals surface area contributed by atoms with Crippen LogP contribution in [0.4, 0.5) is 0 Å².